The summed E-state index contributed by atoms with van der Waals surface area (Å²) in [6, 6.07) is -0.789. The number of rotatable bonds is 16. The van der Waals surface area contributed by atoms with E-state index in [2.05, 4.69) is 24.4 Å². The number of carbonyl (C=O) groups excluding carboxylic acids is 1. The molecule has 0 aliphatic carbocycles. The van der Waals surface area contributed by atoms with E-state index in [0.717, 1.165) is 32.1 Å². The molecule has 0 saturated heterocycles. The number of hydrogen-bond acceptors (Lipinski definition) is 3. The van der Waals surface area contributed by atoms with Crippen LogP contribution in [-0.4, -0.2) is 29.6 Å². The van der Waals surface area contributed by atoms with Crippen LogP contribution >= 0.6 is 0 Å². The van der Waals surface area contributed by atoms with Gasteiger partial charge >= 0.3 is 5.97 Å². The van der Waals surface area contributed by atoms with Crippen molar-refractivity contribution in [3.05, 3.63) is 12.2 Å². The highest BCUT2D eigenvalue weighted by Crippen LogP contribution is 2.09. The van der Waals surface area contributed by atoms with Gasteiger partial charge in [0.15, 0.2) is 0 Å². The van der Waals surface area contributed by atoms with E-state index in [4.69, 9.17) is 10.8 Å². The van der Waals surface area contributed by atoms with Crippen LogP contribution in [0.2, 0.25) is 0 Å². The summed E-state index contributed by atoms with van der Waals surface area (Å²) in [5.74, 6) is -0.862. The van der Waals surface area contributed by atoms with Gasteiger partial charge in [0, 0.05) is 13.0 Å². The first-order valence-corrected chi connectivity index (χ1v) is 9.48. The second-order valence-corrected chi connectivity index (χ2v) is 6.33. The van der Waals surface area contributed by atoms with Crippen LogP contribution < -0.4 is 11.1 Å². The van der Waals surface area contributed by atoms with Gasteiger partial charge in [0.2, 0.25) is 5.91 Å². The molecule has 0 aromatic rings. The van der Waals surface area contributed by atoms with Crippen LogP contribution in [0.5, 0.6) is 0 Å². The summed E-state index contributed by atoms with van der Waals surface area (Å²) in [5, 5.41) is 11.5. The molecule has 0 aromatic carbocycles. The molecule has 5 heteroatoms. The number of hydrogen-bond donors (Lipinski definition) is 3. The van der Waals surface area contributed by atoms with Gasteiger partial charge < -0.3 is 16.2 Å². The largest absolute Gasteiger partial charge is 0.480 e. The zero-order valence-electron chi connectivity index (χ0n) is 15.3. The van der Waals surface area contributed by atoms with Crippen LogP contribution in [0.4, 0.5) is 0 Å². The minimum absolute atomic E-state index is 0.0993. The first kappa shape index (κ1) is 22.6. The van der Waals surface area contributed by atoms with Gasteiger partial charge in [0.05, 0.1) is 0 Å². The van der Waals surface area contributed by atoms with Gasteiger partial charge in [0.1, 0.15) is 6.04 Å². The summed E-state index contributed by atoms with van der Waals surface area (Å²) < 4.78 is 0. The first-order valence-electron chi connectivity index (χ1n) is 9.48. The van der Waals surface area contributed by atoms with Crippen molar-refractivity contribution in [3.8, 4) is 0 Å². The third-order valence-corrected chi connectivity index (χ3v) is 4.01. The number of amides is 1. The van der Waals surface area contributed by atoms with Crippen molar-refractivity contribution < 1.29 is 14.7 Å². The third-order valence-electron chi connectivity index (χ3n) is 4.01. The van der Waals surface area contributed by atoms with Crippen molar-refractivity contribution in [2.75, 3.05) is 6.54 Å². The molecule has 0 aliphatic heterocycles. The Hall–Kier alpha value is -1.36. The van der Waals surface area contributed by atoms with Gasteiger partial charge in [-0.15, -0.1) is 0 Å². The number of carbonyl (C=O) groups is 2. The van der Waals surface area contributed by atoms with Crippen molar-refractivity contribution in [1.29, 1.82) is 0 Å². The zero-order valence-corrected chi connectivity index (χ0v) is 15.3. The quantitative estimate of drug-likeness (QED) is 0.294. The Labute approximate surface area is 147 Å². The van der Waals surface area contributed by atoms with E-state index in [9.17, 15) is 9.59 Å². The van der Waals surface area contributed by atoms with Crippen LogP contribution in [0.15, 0.2) is 12.2 Å². The van der Waals surface area contributed by atoms with E-state index in [1.165, 1.54) is 32.1 Å². The van der Waals surface area contributed by atoms with E-state index in [-0.39, 0.29) is 5.91 Å². The van der Waals surface area contributed by atoms with Gasteiger partial charge in [-0.05, 0) is 44.9 Å². The fourth-order valence-corrected chi connectivity index (χ4v) is 2.47. The highest BCUT2D eigenvalue weighted by atomic mass is 16.4. The molecule has 5 nitrogen and oxygen atoms in total. The summed E-state index contributed by atoms with van der Waals surface area (Å²) in [5.41, 5.74) is 5.41. The molecule has 4 N–H and O–H groups in total. The molecule has 0 saturated carbocycles. The lowest BCUT2D eigenvalue weighted by atomic mass is 10.1. The summed E-state index contributed by atoms with van der Waals surface area (Å²) in [6.07, 6.45) is 16.4. The van der Waals surface area contributed by atoms with Gasteiger partial charge in [-0.2, -0.15) is 0 Å². The topological polar surface area (TPSA) is 92.4 Å². The van der Waals surface area contributed by atoms with E-state index < -0.39 is 12.0 Å². The predicted molar refractivity (Wildman–Crippen MR) is 98.8 cm³/mol. The maximum atomic E-state index is 11.6. The average Bonchev–Trinajstić information content (AvgIpc) is 2.55. The maximum Gasteiger partial charge on any atom is 0.320 e. The Balaban J connectivity index is 3.29. The monoisotopic (exact) mass is 340 g/mol. The number of carboxylic acid groups (broad SMARTS) is 1. The average molecular weight is 341 g/mol. The lowest BCUT2D eigenvalue weighted by molar-refractivity contribution is -0.138. The molecule has 1 atom stereocenters. The highest BCUT2D eigenvalue weighted by Gasteiger charge is 2.10. The van der Waals surface area contributed by atoms with E-state index in [1.807, 2.05) is 0 Å². The summed E-state index contributed by atoms with van der Waals surface area (Å²) in [6.45, 7) is 2.76. The molecule has 0 unspecified atom stereocenters. The molecule has 24 heavy (non-hydrogen) atoms. The summed E-state index contributed by atoms with van der Waals surface area (Å²) >= 11 is 0. The molecule has 1 amide bonds. The fourth-order valence-electron chi connectivity index (χ4n) is 2.47. The van der Waals surface area contributed by atoms with Crippen LogP contribution in [-0.2, 0) is 9.59 Å². The van der Waals surface area contributed by atoms with Crippen LogP contribution in [0.25, 0.3) is 0 Å². The molecule has 140 valence electrons. The summed E-state index contributed by atoms with van der Waals surface area (Å²) in [7, 11) is 0. The summed E-state index contributed by atoms with van der Waals surface area (Å²) in [4.78, 5) is 22.2. The molecule has 0 rings (SSSR count). The van der Waals surface area contributed by atoms with Crippen molar-refractivity contribution in [2.24, 2.45) is 5.73 Å². The molecule has 0 aromatic heterocycles. The number of nitrogens with two attached hydrogens (primary N) is 1. The Morgan fingerprint density at radius 3 is 2.33 bits per heavy atom. The molecule has 0 heterocycles. The lowest BCUT2D eigenvalue weighted by Gasteiger charge is -2.07. The number of unbranched alkanes of at least 4 members (excludes halogenated alkanes) is 7. The fraction of sp³-hybridized carbons (Fsp3) is 0.789. The Kier molecular flexibility index (Phi) is 15.6. The molecular weight excluding hydrogens is 304 g/mol. The second kappa shape index (κ2) is 16.5. The predicted octanol–water partition coefficient (Wildman–Crippen LogP) is 3.77. The van der Waals surface area contributed by atoms with Gasteiger partial charge in [-0.25, -0.2) is 0 Å². The van der Waals surface area contributed by atoms with E-state index in [0.29, 0.717) is 19.4 Å². The SMILES string of the molecule is CC/C=C/CCCCCCCCC(=O)NCCCC[C@H](N)C(=O)O. The smallest absolute Gasteiger partial charge is 0.320 e. The van der Waals surface area contributed by atoms with Crippen LogP contribution in [0.3, 0.4) is 0 Å². The van der Waals surface area contributed by atoms with E-state index >= 15 is 0 Å². The van der Waals surface area contributed by atoms with Gasteiger partial charge in [-0.1, -0.05) is 44.8 Å². The Bertz CT molecular complexity index is 357. The maximum absolute atomic E-state index is 11.6. The lowest BCUT2D eigenvalue weighted by Crippen LogP contribution is -2.30. The third kappa shape index (κ3) is 15.5. The molecule has 0 aliphatic rings. The molecular formula is C19H36N2O3. The molecule has 0 spiro atoms. The number of aliphatic carboxylic acids is 1. The zero-order chi connectivity index (χ0) is 18.0. The van der Waals surface area contributed by atoms with Crippen molar-refractivity contribution in [3.63, 3.8) is 0 Å². The molecule has 0 bridgehead atoms. The molecule has 0 radical (unpaired) electrons. The second-order valence-electron chi connectivity index (χ2n) is 6.33. The van der Waals surface area contributed by atoms with Crippen molar-refractivity contribution >= 4 is 11.9 Å². The Morgan fingerprint density at radius 1 is 1.00 bits per heavy atom. The van der Waals surface area contributed by atoms with Crippen LogP contribution in [0.1, 0.15) is 84.0 Å². The first-order chi connectivity index (χ1) is 11.6. The standard InChI is InChI=1S/C19H36N2O3/c1-2-3-4-5-6-7-8-9-10-11-15-18(22)21-16-13-12-14-17(20)19(23)24/h3-4,17H,2,5-16,20H2,1H3,(H,21,22)(H,23,24)/b4-3+/t17-/m0/s1. The van der Waals surface area contributed by atoms with Crippen molar-refractivity contribution in [1.82, 2.24) is 5.32 Å². The number of nitrogens with one attached hydrogen (secondary N) is 1. The van der Waals surface area contributed by atoms with Crippen molar-refractivity contribution in [2.45, 2.75) is 90.0 Å². The van der Waals surface area contributed by atoms with Crippen LogP contribution in [0, 0.1) is 0 Å². The minimum Gasteiger partial charge on any atom is -0.480 e. The number of carboxylic acids is 1. The number of allylic oxidation sites excluding steroid dienone is 2. The molecule has 0 fully saturated rings. The minimum atomic E-state index is -0.962. The van der Waals surface area contributed by atoms with E-state index in [1.54, 1.807) is 0 Å². The van der Waals surface area contributed by atoms with Gasteiger partial charge in [-0.3, -0.25) is 9.59 Å². The van der Waals surface area contributed by atoms with Gasteiger partial charge in [0.25, 0.3) is 0 Å². The highest BCUT2D eigenvalue weighted by molar-refractivity contribution is 5.75. The Morgan fingerprint density at radius 2 is 1.67 bits per heavy atom. The normalized spacial score (nSPS) is 12.4.